The first kappa shape index (κ1) is 6.09. The van der Waals surface area contributed by atoms with E-state index >= 15 is 0 Å². The lowest BCUT2D eigenvalue weighted by Gasteiger charge is -2.22. The number of nitrogens with two attached hydrogens (primary N) is 1. The van der Waals surface area contributed by atoms with Crippen molar-refractivity contribution in [1.82, 2.24) is 16.0 Å². The van der Waals surface area contributed by atoms with Crippen molar-refractivity contribution in [2.45, 2.75) is 6.17 Å². The van der Waals surface area contributed by atoms with E-state index in [9.17, 15) is 4.79 Å². The molecule has 11 heavy (non-hydrogen) atoms. The van der Waals surface area contributed by atoms with Crippen molar-refractivity contribution in [3.05, 3.63) is 23.7 Å². The van der Waals surface area contributed by atoms with Crippen molar-refractivity contribution in [3.8, 4) is 0 Å². The third-order valence-electron chi connectivity index (χ3n) is 1.67. The Morgan fingerprint density at radius 3 is 3.18 bits per heavy atom. The molecule has 1 unspecified atom stereocenters. The van der Waals surface area contributed by atoms with Gasteiger partial charge in [-0.15, -0.1) is 0 Å². The highest BCUT2D eigenvalue weighted by Gasteiger charge is 2.25. The molecular formula is C6H8N4O. The normalized spacial score (nSPS) is 27.3. The quantitative estimate of drug-likeness (QED) is 0.356. The molecule has 0 aliphatic carbocycles. The molecular weight excluding hydrogens is 144 g/mol. The summed E-state index contributed by atoms with van der Waals surface area (Å²) in [7, 11) is 0. The van der Waals surface area contributed by atoms with Crippen molar-refractivity contribution >= 4 is 6.03 Å². The van der Waals surface area contributed by atoms with E-state index in [1.54, 1.807) is 6.20 Å². The van der Waals surface area contributed by atoms with Gasteiger partial charge >= 0.3 is 6.03 Å². The molecule has 2 aliphatic heterocycles. The van der Waals surface area contributed by atoms with Crippen LogP contribution in [0.1, 0.15) is 0 Å². The lowest BCUT2D eigenvalue weighted by Crippen LogP contribution is -2.53. The molecule has 5 nitrogen and oxygen atoms in total. The lowest BCUT2D eigenvalue weighted by atomic mass is 10.2. The molecule has 0 aromatic carbocycles. The van der Waals surface area contributed by atoms with Crippen LogP contribution in [-0.4, -0.2) is 12.2 Å². The zero-order valence-electron chi connectivity index (χ0n) is 5.72. The van der Waals surface area contributed by atoms with Crippen LogP contribution in [0.4, 0.5) is 4.79 Å². The minimum Gasteiger partial charge on any atom is -0.385 e. The molecule has 1 atom stereocenters. The molecule has 0 bridgehead atoms. The molecule has 0 aromatic heterocycles. The molecule has 2 amide bonds. The van der Waals surface area contributed by atoms with Gasteiger partial charge in [-0.2, -0.15) is 0 Å². The minimum absolute atomic E-state index is 0.149. The molecule has 5 N–H and O–H groups in total. The Morgan fingerprint density at radius 2 is 2.36 bits per heavy atom. The monoisotopic (exact) mass is 152 g/mol. The summed E-state index contributed by atoms with van der Waals surface area (Å²) >= 11 is 0. The maximum atomic E-state index is 10.8. The Hall–Kier alpha value is -1.65. The van der Waals surface area contributed by atoms with Crippen molar-refractivity contribution < 1.29 is 4.79 Å². The Kier molecular flexibility index (Phi) is 1.06. The van der Waals surface area contributed by atoms with Crippen LogP contribution < -0.4 is 21.7 Å². The van der Waals surface area contributed by atoms with Crippen LogP contribution in [0.3, 0.4) is 0 Å². The second-order valence-electron chi connectivity index (χ2n) is 2.40. The van der Waals surface area contributed by atoms with Crippen LogP contribution in [-0.2, 0) is 0 Å². The van der Waals surface area contributed by atoms with Gasteiger partial charge < -0.3 is 16.4 Å². The largest absolute Gasteiger partial charge is 0.385 e. The maximum Gasteiger partial charge on any atom is 0.322 e. The summed E-state index contributed by atoms with van der Waals surface area (Å²) in [5.41, 5.74) is 6.41. The number of amides is 2. The first-order valence-corrected chi connectivity index (χ1v) is 3.27. The van der Waals surface area contributed by atoms with Gasteiger partial charge in [-0.1, -0.05) is 0 Å². The van der Waals surface area contributed by atoms with Gasteiger partial charge in [0.1, 0.15) is 12.0 Å². The Labute approximate surface area is 63.3 Å². The minimum atomic E-state index is -0.271. The van der Waals surface area contributed by atoms with Crippen LogP contribution in [0.15, 0.2) is 23.7 Å². The van der Waals surface area contributed by atoms with E-state index in [2.05, 4.69) is 16.0 Å². The maximum absolute atomic E-state index is 10.8. The topological polar surface area (TPSA) is 79.2 Å². The zero-order valence-corrected chi connectivity index (χ0v) is 5.72. The summed E-state index contributed by atoms with van der Waals surface area (Å²) in [5.74, 6) is 0.417. The standard InChI is InChI=1S/C6H8N4O/c7-4-3-1-2-8-5(3)10-6(11)9-4/h1-2,5,8H,7H2,(H2,9,10,11). The summed E-state index contributed by atoms with van der Waals surface area (Å²) in [6.07, 6.45) is 3.43. The van der Waals surface area contributed by atoms with Crippen LogP contribution in [0, 0.1) is 0 Å². The average Bonchev–Trinajstić information content (AvgIpc) is 2.34. The van der Waals surface area contributed by atoms with Crippen molar-refractivity contribution in [1.29, 1.82) is 0 Å². The second kappa shape index (κ2) is 1.91. The first-order valence-electron chi connectivity index (χ1n) is 3.27. The molecule has 0 aromatic rings. The molecule has 58 valence electrons. The Morgan fingerprint density at radius 1 is 1.55 bits per heavy atom. The number of hydrogen-bond donors (Lipinski definition) is 4. The van der Waals surface area contributed by atoms with E-state index < -0.39 is 0 Å². The number of fused-ring (bicyclic) bond motifs is 1. The average molecular weight is 152 g/mol. The lowest BCUT2D eigenvalue weighted by molar-refractivity contribution is 0.238. The van der Waals surface area contributed by atoms with E-state index in [1.807, 2.05) is 6.08 Å². The number of carbonyl (C=O) groups is 1. The van der Waals surface area contributed by atoms with Gasteiger partial charge in [0.2, 0.25) is 0 Å². The Balaban J connectivity index is 2.35. The Bertz CT molecular complexity index is 268. The zero-order chi connectivity index (χ0) is 7.84. The summed E-state index contributed by atoms with van der Waals surface area (Å²) in [6, 6.07) is -0.271. The highest BCUT2D eigenvalue weighted by Crippen LogP contribution is 2.12. The number of rotatable bonds is 0. The van der Waals surface area contributed by atoms with Crippen LogP contribution in [0.5, 0.6) is 0 Å². The predicted molar refractivity (Wildman–Crippen MR) is 38.9 cm³/mol. The number of nitrogens with one attached hydrogen (secondary N) is 3. The highest BCUT2D eigenvalue weighted by molar-refractivity contribution is 5.79. The van der Waals surface area contributed by atoms with Gasteiger partial charge in [-0.3, -0.25) is 5.32 Å². The van der Waals surface area contributed by atoms with Crippen molar-refractivity contribution in [2.24, 2.45) is 5.73 Å². The van der Waals surface area contributed by atoms with Crippen LogP contribution in [0.2, 0.25) is 0 Å². The number of carbonyl (C=O) groups excluding carboxylic acids is 1. The number of hydrogen-bond acceptors (Lipinski definition) is 3. The smallest absolute Gasteiger partial charge is 0.322 e. The van der Waals surface area contributed by atoms with Crippen molar-refractivity contribution in [3.63, 3.8) is 0 Å². The molecule has 0 radical (unpaired) electrons. The van der Waals surface area contributed by atoms with E-state index in [4.69, 9.17) is 5.73 Å². The fourth-order valence-electron chi connectivity index (χ4n) is 1.15. The third-order valence-corrected chi connectivity index (χ3v) is 1.67. The molecule has 5 heteroatoms. The van der Waals surface area contributed by atoms with Gasteiger partial charge in [-0.25, -0.2) is 4.79 Å². The second-order valence-corrected chi connectivity index (χ2v) is 2.40. The highest BCUT2D eigenvalue weighted by atomic mass is 16.2. The summed E-state index contributed by atoms with van der Waals surface area (Å²) in [5, 5.41) is 8.04. The molecule has 2 rings (SSSR count). The molecule has 0 saturated heterocycles. The fraction of sp³-hybridized carbons (Fsp3) is 0.167. The molecule has 0 fully saturated rings. The van der Waals surface area contributed by atoms with Crippen LogP contribution in [0.25, 0.3) is 0 Å². The molecule has 2 heterocycles. The van der Waals surface area contributed by atoms with Gasteiger partial charge in [0.25, 0.3) is 0 Å². The van der Waals surface area contributed by atoms with E-state index in [-0.39, 0.29) is 12.2 Å². The van der Waals surface area contributed by atoms with Gasteiger partial charge in [0, 0.05) is 5.57 Å². The predicted octanol–water partition coefficient (Wildman–Crippen LogP) is -1.09. The van der Waals surface area contributed by atoms with Gasteiger partial charge in [0.05, 0.1) is 0 Å². The van der Waals surface area contributed by atoms with Gasteiger partial charge in [0.15, 0.2) is 0 Å². The number of urea groups is 1. The van der Waals surface area contributed by atoms with E-state index in [1.165, 1.54) is 0 Å². The van der Waals surface area contributed by atoms with Crippen molar-refractivity contribution in [2.75, 3.05) is 0 Å². The van der Waals surface area contributed by atoms with E-state index in [0.29, 0.717) is 5.82 Å². The molecule has 0 spiro atoms. The van der Waals surface area contributed by atoms with E-state index in [0.717, 1.165) is 5.57 Å². The summed E-state index contributed by atoms with van der Waals surface area (Å²) in [4.78, 5) is 10.8. The third kappa shape index (κ3) is 0.813. The van der Waals surface area contributed by atoms with Crippen LogP contribution >= 0.6 is 0 Å². The van der Waals surface area contributed by atoms with Gasteiger partial charge in [-0.05, 0) is 12.3 Å². The first-order chi connectivity index (χ1) is 5.27. The SMILES string of the molecule is NC1=C2C=CNC2NC(=O)N1. The summed E-state index contributed by atoms with van der Waals surface area (Å²) < 4.78 is 0. The fourth-order valence-corrected chi connectivity index (χ4v) is 1.15. The molecule has 0 saturated carbocycles. The molecule has 2 aliphatic rings. The summed E-state index contributed by atoms with van der Waals surface area (Å²) in [6.45, 7) is 0.